The molecule has 0 aliphatic carbocycles. The molecule has 1 aliphatic heterocycles. The molecule has 4 rings (SSSR count). The van der Waals surface area contributed by atoms with Gasteiger partial charge in [-0.05, 0) is 30.3 Å². The number of anilines is 4. The summed E-state index contributed by atoms with van der Waals surface area (Å²) in [6.07, 6.45) is 1.63. The van der Waals surface area contributed by atoms with Crippen LogP contribution in [0, 0.1) is 0 Å². The third kappa shape index (κ3) is 5.44. The van der Waals surface area contributed by atoms with E-state index < -0.39 is 0 Å². The Hall–Kier alpha value is -2.75. The van der Waals surface area contributed by atoms with Crippen molar-refractivity contribution in [2.45, 2.75) is 0 Å². The van der Waals surface area contributed by atoms with E-state index in [0.717, 1.165) is 15.7 Å². The molecule has 0 saturated carbocycles. The highest BCUT2D eigenvalue weighted by molar-refractivity contribution is 9.10. The SMILES string of the molecule is Clc1ccccc1/C=N/Nc1nc(Nc2ccc(Br)cc2)nc(N2CCOCC2)n1. The van der Waals surface area contributed by atoms with Crippen molar-refractivity contribution in [1.29, 1.82) is 0 Å². The molecule has 0 atom stereocenters. The second-order valence-electron chi connectivity index (χ2n) is 6.41. The summed E-state index contributed by atoms with van der Waals surface area (Å²) in [6, 6.07) is 15.2. The number of rotatable bonds is 6. The third-order valence-electron chi connectivity index (χ3n) is 4.29. The Kier molecular flexibility index (Phi) is 6.73. The smallest absolute Gasteiger partial charge is 0.250 e. The summed E-state index contributed by atoms with van der Waals surface area (Å²) in [7, 11) is 0. The number of hydrogen-bond acceptors (Lipinski definition) is 8. The van der Waals surface area contributed by atoms with Crippen molar-refractivity contribution in [3.63, 3.8) is 0 Å². The fourth-order valence-electron chi connectivity index (χ4n) is 2.78. The summed E-state index contributed by atoms with van der Waals surface area (Å²) in [6.45, 7) is 2.69. The molecule has 2 aromatic carbocycles. The van der Waals surface area contributed by atoms with Crippen molar-refractivity contribution in [3.05, 3.63) is 63.6 Å². The van der Waals surface area contributed by atoms with Gasteiger partial charge in [-0.2, -0.15) is 20.1 Å². The molecule has 2 heterocycles. The zero-order chi connectivity index (χ0) is 20.8. The van der Waals surface area contributed by atoms with Gasteiger partial charge in [0.05, 0.1) is 19.4 Å². The van der Waals surface area contributed by atoms with Crippen molar-refractivity contribution >= 4 is 57.3 Å². The molecule has 10 heteroatoms. The maximum atomic E-state index is 6.17. The third-order valence-corrected chi connectivity index (χ3v) is 5.16. The second kappa shape index (κ2) is 9.84. The largest absolute Gasteiger partial charge is 0.378 e. The number of hydrogen-bond donors (Lipinski definition) is 2. The van der Waals surface area contributed by atoms with E-state index in [0.29, 0.717) is 49.2 Å². The van der Waals surface area contributed by atoms with E-state index in [1.54, 1.807) is 6.21 Å². The minimum absolute atomic E-state index is 0.328. The van der Waals surface area contributed by atoms with Crippen LogP contribution in [0.3, 0.4) is 0 Å². The van der Waals surface area contributed by atoms with Crippen LogP contribution in [0.2, 0.25) is 5.02 Å². The molecular weight excluding hydrogens is 470 g/mol. The average molecular weight is 489 g/mol. The number of ether oxygens (including phenoxy) is 1. The fraction of sp³-hybridized carbons (Fsp3) is 0.200. The Balaban J connectivity index is 1.57. The van der Waals surface area contributed by atoms with Gasteiger partial charge < -0.3 is 15.0 Å². The van der Waals surface area contributed by atoms with Crippen molar-refractivity contribution in [1.82, 2.24) is 15.0 Å². The number of halogens is 2. The Bertz CT molecular complexity index is 1030. The van der Waals surface area contributed by atoms with Crippen LogP contribution in [0.15, 0.2) is 58.1 Å². The molecule has 0 radical (unpaired) electrons. The molecule has 3 aromatic rings. The predicted molar refractivity (Wildman–Crippen MR) is 123 cm³/mol. The van der Waals surface area contributed by atoms with E-state index in [4.69, 9.17) is 16.3 Å². The lowest BCUT2D eigenvalue weighted by molar-refractivity contribution is 0.122. The fourth-order valence-corrected chi connectivity index (χ4v) is 3.23. The highest BCUT2D eigenvalue weighted by Gasteiger charge is 2.16. The van der Waals surface area contributed by atoms with Gasteiger partial charge in [0.1, 0.15) is 0 Å². The van der Waals surface area contributed by atoms with Crippen LogP contribution in [-0.2, 0) is 4.74 Å². The zero-order valence-electron chi connectivity index (χ0n) is 15.9. The van der Waals surface area contributed by atoms with Crippen LogP contribution in [0.25, 0.3) is 0 Å². The van der Waals surface area contributed by atoms with E-state index in [9.17, 15) is 0 Å². The van der Waals surface area contributed by atoms with Gasteiger partial charge in [0.2, 0.25) is 17.8 Å². The Morgan fingerprint density at radius 3 is 2.50 bits per heavy atom. The van der Waals surface area contributed by atoms with E-state index in [1.165, 1.54) is 0 Å². The van der Waals surface area contributed by atoms with E-state index in [1.807, 2.05) is 48.5 Å². The van der Waals surface area contributed by atoms with Gasteiger partial charge in [-0.3, -0.25) is 0 Å². The Morgan fingerprint density at radius 2 is 1.73 bits per heavy atom. The van der Waals surface area contributed by atoms with E-state index in [-0.39, 0.29) is 0 Å². The van der Waals surface area contributed by atoms with Gasteiger partial charge in [-0.1, -0.05) is 45.7 Å². The summed E-state index contributed by atoms with van der Waals surface area (Å²) in [5.41, 5.74) is 4.54. The van der Waals surface area contributed by atoms with Crippen molar-refractivity contribution < 1.29 is 4.74 Å². The molecule has 1 fully saturated rings. The molecule has 0 spiro atoms. The summed E-state index contributed by atoms with van der Waals surface area (Å²) in [4.78, 5) is 15.6. The van der Waals surface area contributed by atoms with Gasteiger partial charge in [-0.15, -0.1) is 0 Å². The predicted octanol–water partition coefficient (Wildman–Crippen LogP) is 4.31. The maximum Gasteiger partial charge on any atom is 0.250 e. The number of morpholine rings is 1. The van der Waals surface area contributed by atoms with Gasteiger partial charge in [0.25, 0.3) is 0 Å². The van der Waals surface area contributed by atoms with Crippen LogP contribution in [0.5, 0.6) is 0 Å². The summed E-state index contributed by atoms with van der Waals surface area (Å²) < 4.78 is 6.42. The lowest BCUT2D eigenvalue weighted by Crippen LogP contribution is -2.37. The van der Waals surface area contributed by atoms with Crippen molar-refractivity contribution in [2.75, 3.05) is 41.9 Å². The van der Waals surface area contributed by atoms with Crippen molar-refractivity contribution in [3.8, 4) is 0 Å². The molecule has 0 unspecified atom stereocenters. The van der Waals surface area contributed by atoms with Gasteiger partial charge in [-0.25, -0.2) is 5.43 Å². The molecule has 8 nitrogen and oxygen atoms in total. The molecule has 154 valence electrons. The highest BCUT2D eigenvalue weighted by atomic mass is 79.9. The first-order valence-electron chi connectivity index (χ1n) is 9.32. The van der Waals surface area contributed by atoms with Gasteiger partial charge >= 0.3 is 0 Å². The van der Waals surface area contributed by atoms with Crippen LogP contribution in [0.1, 0.15) is 5.56 Å². The highest BCUT2D eigenvalue weighted by Crippen LogP contribution is 2.20. The topological polar surface area (TPSA) is 87.6 Å². The normalized spacial score (nSPS) is 14.1. The van der Waals surface area contributed by atoms with Crippen LogP contribution < -0.4 is 15.6 Å². The minimum atomic E-state index is 0.328. The van der Waals surface area contributed by atoms with Gasteiger partial charge in [0.15, 0.2) is 0 Å². The first-order chi connectivity index (χ1) is 14.7. The molecule has 1 saturated heterocycles. The van der Waals surface area contributed by atoms with Crippen molar-refractivity contribution in [2.24, 2.45) is 5.10 Å². The maximum absolute atomic E-state index is 6.17. The molecule has 0 bridgehead atoms. The molecule has 2 N–H and O–H groups in total. The number of benzene rings is 2. The summed E-state index contributed by atoms with van der Waals surface area (Å²) in [5.74, 6) is 1.31. The Morgan fingerprint density at radius 1 is 1.00 bits per heavy atom. The second-order valence-corrected chi connectivity index (χ2v) is 7.73. The van der Waals surface area contributed by atoms with Crippen LogP contribution >= 0.6 is 27.5 Å². The molecule has 30 heavy (non-hydrogen) atoms. The lowest BCUT2D eigenvalue weighted by atomic mass is 10.2. The lowest BCUT2D eigenvalue weighted by Gasteiger charge is -2.27. The van der Waals surface area contributed by atoms with Crippen LogP contribution in [-0.4, -0.2) is 47.5 Å². The quantitative estimate of drug-likeness (QED) is 0.395. The zero-order valence-corrected chi connectivity index (χ0v) is 18.3. The summed E-state index contributed by atoms with van der Waals surface area (Å²) in [5, 5.41) is 8.06. The minimum Gasteiger partial charge on any atom is -0.378 e. The molecule has 1 aliphatic rings. The molecule has 0 amide bonds. The molecule has 1 aromatic heterocycles. The van der Waals surface area contributed by atoms with E-state index in [2.05, 4.69) is 51.6 Å². The number of nitrogens with zero attached hydrogens (tertiary/aromatic N) is 5. The first-order valence-corrected chi connectivity index (χ1v) is 10.5. The number of aromatic nitrogens is 3. The van der Waals surface area contributed by atoms with Gasteiger partial charge in [0, 0.05) is 33.8 Å². The summed E-state index contributed by atoms with van der Waals surface area (Å²) >= 11 is 9.60. The first kappa shape index (κ1) is 20.5. The number of hydrazone groups is 1. The standard InChI is InChI=1S/C20H19BrClN7O/c21-15-5-7-16(8-6-15)24-18-25-19(27-20(26-18)29-9-11-30-12-10-29)28-23-13-14-3-1-2-4-17(14)22/h1-8,13H,9-12H2,(H2,24,25,26,27,28)/b23-13+. The van der Waals surface area contributed by atoms with Crippen LogP contribution in [0.4, 0.5) is 23.5 Å². The molecular formula is C20H19BrClN7O. The number of nitrogens with one attached hydrogen (secondary N) is 2. The average Bonchev–Trinajstić information content (AvgIpc) is 2.77. The monoisotopic (exact) mass is 487 g/mol. The Labute approximate surface area is 187 Å². The van der Waals surface area contributed by atoms with E-state index >= 15 is 0 Å².